The summed E-state index contributed by atoms with van der Waals surface area (Å²) in [6.45, 7) is 1.55. The third kappa shape index (κ3) is 3.84. The summed E-state index contributed by atoms with van der Waals surface area (Å²) in [5, 5.41) is 1.24. The first-order chi connectivity index (χ1) is 15.6. The number of fused-ring (bicyclic) bond motifs is 2. The van der Waals surface area contributed by atoms with Crippen LogP contribution < -0.4 is 5.56 Å². The second-order valence-corrected chi connectivity index (χ2v) is 9.03. The number of benzene rings is 2. The van der Waals surface area contributed by atoms with Crippen molar-refractivity contribution in [3.8, 4) is 0 Å². The van der Waals surface area contributed by atoms with Gasteiger partial charge in [0.2, 0.25) is 0 Å². The fourth-order valence-electron chi connectivity index (χ4n) is 4.24. The summed E-state index contributed by atoms with van der Waals surface area (Å²) in [7, 11) is 0. The lowest BCUT2D eigenvalue weighted by atomic mass is 10.1. The van der Waals surface area contributed by atoms with Crippen LogP contribution in [0.25, 0.3) is 10.9 Å². The molecule has 0 unspecified atom stereocenters. The fourth-order valence-corrected chi connectivity index (χ4v) is 5.17. The molecule has 7 nitrogen and oxygen atoms in total. The number of amides is 2. The Morgan fingerprint density at radius 3 is 2.44 bits per heavy atom. The van der Waals surface area contributed by atoms with Crippen molar-refractivity contribution in [1.82, 2.24) is 14.5 Å². The van der Waals surface area contributed by atoms with Gasteiger partial charge in [-0.15, -0.1) is 0 Å². The average molecular weight is 450 g/mol. The van der Waals surface area contributed by atoms with E-state index < -0.39 is 0 Å². The maximum atomic E-state index is 13.1. The Bertz CT molecular complexity index is 1210. The topological polar surface area (TPSA) is 81.5 Å². The lowest BCUT2D eigenvalue weighted by Gasteiger charge is -2.17. The predicted molar refractivity (Wildman–Crippen MR) is 122 cm³/mol. The highest BCUT2D eigenvalue weighted by Gasteiger charge is 2.34. The molecule has 2 amide bonds. The van der Waals surface area contributed by atoms with Crippen LogP contribution in [0.3, 0.4) is 0 Å². The molecule has 8 heteroatoms. The maximum absolute atomic E-state index is 13.1. The Balaban J connectivity index is 1.30. The lowest BCUT2D eigenvalue weighted by Crippen LogP contribution is -2.31. The van der Waals surface area contributed by atoms with Crippen LogP contribution >= 0.6 is 11.8 Å². The molecule has 0 bridgehead atoms. The van der Waals surface area contributed by atoms with Gasteiger partial charge in [-0.05, 0) is 43.5 Å². The van der Waals surface area contributed by atoms with Gasteiger partial charge in [-0.25, -0.2) is 4.98 Å². The quantitative estimate of drug-likeness (QED) is 0.238. The van der Waals surface area contributed by atoms with Gasteiger partial charge in [0.1, 0.15) is 0 Å². The minimum absolute atomic E-state index is 0.0216. The Labute approximate surface area is 189 Å². The second-order valence-electron chi connectivity index (χ2n) is 7.97. The van der Waals surface area contributed by atoms with Crippen LogP contribution in [0.1, 0.15) is 40.0 Å². The molecule has 0 spiro atoms. The lowest BCUT2D eigenvalue weighted by molar-refractivity contribution is 0.0654. The maximum Gasteiger partial charge on any atom is 0.262 e. The van der Waals surface area contributed by atoms with Crippen LogP contribution in [0.4, 0.5) is 0 Å². The van der Waals surface area contributed by atoms with Crippen molar-refractivity contribution in [2.75, 3.05) is 18.9 Å². The first-order valence-corrected chi connectivity index (χ1v) is 11.8. The minimum Gasteiger partial charge on any atom is -0.376 e. The van der Waals surface area contributed by atoms with Crippen LogP contribution in [0.15, 0.2) is 58.5 Å². The largest absolute Gasteiger partial charge is 0.376 e. The highest BCUT2D eigenvalue weighted by molar-refractivity contribution is 7.99. The van der Waals surface area contributed by atoms with Gasteiger partial charge in [0, 0.05) is 18.9 Å². The van der Waals surface area contributed by atoms with E-state index >= 15 is 0 Å². The normalized spacial score (nSPS) is 18.0. The summed E-state index contributed by atoms with van der Waals surface area (Å²) >= 11 is 1.48. The first-order valence-electron chi connectivity index (χ1n) is 10.8. The molecule has 32 heavy (non-hydrogen) atoms. The van der Waals surface area contributed by atoms with Crippen molar-refractivity contribution in [2.24, 2.45) is 0 Å². The molecule has 2 aliphatic heterocycles. The van der Waals surface area contributed by atoms with Gasteiger partial charge in [0.05, 0.1) is 34.7 Å². The zero-order chi connectivity index (χ0) is 22.1. The van der Waals surface area contributed by atoms with E-state index in [1.54, 1.807) is 34.9 Å². The van der Waals surface area contributed by atoms with E-state index in [9.17, 15) is 14.4 Å². The summed E-state index contributed by atoms with van der Waals surface area (Å²) in [4.78, 5) is 44.3. The Hall–Kier alpha value is -2.97. The minimum atomic E-state index is -0.241. The number of ether oxygens (including phenoxy) is 1. The van der Waals surface area contributed by atoms with E-state index in [4.69, 9.17) is 9.72 Å². The van der Waals surface area contributed by atoms with E-state index in [1.165, 1.54) is 16.7 Å². The van der Waals surface area contributed by atoms with E-state index in [2.05, 4.69) is 0 Å². The number of hydrogen-bond donors (Lipinski definition) is 0. The third-order valence-corrected chi connectivity index (χ3v) is 6.93. The third-order valence-electron chi connectivity index (χ3n) is 5.87. The molecule has 1 aromatic heterocycles. The number of carbonyl (C=O) groups is 2. The zero-order valence-corrected chi connectivity index (χ0v) is 18.3. The van der Waals surface area contributed by atoms with Gasteiger partial charge in [-0.2, -0.15) is 0 Å². The monoisotopic (exact) mass is 449 g/mol. The van der Waals surface area contributed by atoms with Crippen molar-refractivity contribution in [1.29, 1.82) is 0 Å². The van der Waals surface area contributed by atoms with Gasteiger partial charge in [0.15, 0.2) is 5.16 Å². The van der Waals surface area contributed by atoms with Gasteiger partial charge >= 0.3 is 0 Å². The molecule has 2 aromatic carbocycles. The molecule has 1 atom stereocenters. The van der Waals surface area contributed by atoms with Crippen LogP contribution in [0.2, 0.25) is 0 Å². The van der Waals surface area contributed by atoms with Gasteiger partial charge in [-0.1, -0.05) is 36.0 Å². The summed E-state index contributed by atoms with van der Waals surface area (Å²) in [6.07, 6.45) is 2.57. The molecule has 0 radical (unpaired) electrons. The highest BCUT2D eigenvalue weighted by Crippen LogP contribution is 2.24. The smallest absolute Gasteiger partial charge is 0.262 e. The molecule has 3 heterocycles. The number of rotatable bonds is 7. The average Bonchev–Trinajstić information content (AvgIpc) is 3.41. The number of nitrogens with zero attached hydrogens (tertiary/aromatic N) is 3. The van der Waals surface area contributed by atoms with Crippen molar-refractivity contribution < 1.29 is 14.3 Å². The Kier molecular flexibility index (Phi) is 5.80. The summed E-state index contributed by atoms with van der Waals surface area (Å²) < 4.78 is 7.46. The molecule has 2 aliphatic rings. The van der Waals surface area contributed by atoms with Crippen LogP contribution in [-0.2, 0) is 11.3 Å². The molecule has 5 rings (SSSR count). The predicted octanol–water partition coefficient (Wildman–Crippen LogP) is 3.35. The number of hydrogen-bond acceptors (Lipinski definition) is 6. The number of aromatic nitrogens is 2. The van der Waals surface area contributed by atoms with Crippen LogP contribution in [0.5, 0.6) is 0 Å². The molecule has 0 saturated carbocycles. The Morgan fingerprint density at radius 1 is 1.00 bits per heavy atom. The van der Waals surface area contributed by atoms with Crippen LogP contribution in [0, 0.1) is 0 Å². The Morgan fingerprint density at radius 2 is 1.72 bits per heavy atom. The summed E-state index contributed by atoms with van der Waals surface area (Å²) in [6, 6.07) is 14.3. The SMILES string of the molecule is O=C1c2ccccc2C(=O)N1CCCSc1nc2ccccc2c(=O)n1C[C@@H]1CCCO1. The number of imide groups is 1. The van der Waals surface area contributed by atoms with Crippen molar-refractivity contribution in [3.63, 3.8) is 0 Å². The number of thioether (sulfide) groups is 1. The van der Waals surface area contributed by atoms with Crippen molar-refractivity contribution in [2.45, 2.75) is 37.1 Å². The first kappa shape index (κ1) is 20.9. The summed E-state index contributed by atoms with van der Waals surface area (Å²) in [5.41, 5.74) is 1.54. The highest BCUT2D eigenvalue weighted by atomic mass is 32.2. The van der Waals surface area contributed by atoms with Gasteiger partial charge in [0.25, 0.3) is 17.4 Å². The number of para-hydroxylation sites is 1. The van der Waals surface area contributed by atoms with E-state index in [-0.39, 0.29) is 23.5 Å². The number of carbonyl (C=O) groups excluding carboxylic acids is 2. The molecular weight excluding hydrogens is 426 g/mol. The van der Waals surface area contributed by atoms with E-state index in [1.807, 2.05) is 18.2 Å². The molecular formula is C24H23N3O4S. The molecule has 1 fully saturated rings. The van der Waals surface area contributed by atoms with Crippen molar-refractivity contribution >= 4 is 34.5 Å². The molecule has 1 saturated heterocycles. The fraction of sp³-hybridized carbons (Fsp3) is 0.333. The molecule has 164 valence electrons. The zero-order valence-electron chi connectivity index (χ0n) is 17.5. The van der Waals surface area contributed by atoms with E-state index in [0.29, 0.717) is 52.4 Å². The van der Waals surface area contributed by atoms with Crippen LogP contribution in [-0.4, -0.2) is 51.3 Å². The standard InChI is InChI=1S/C24H23N3O4S/c28-21-17-8-1-2-9-18(17)22(29)26(21)12-6-14-32-24-25-20-11-4-3-10-19(20)23(30)27(24)15-16-7-5-13-31-16/h1-4,8-11,16H,5-7,12-15H2/t16-/m0/s1. The van der Waals surface area contributed by atoms with Gasteiger partial charge < -0.3 is 4.74 Å². The summed E-state index contributed by atoms with van der Waals surface area (Å²) in [5.74, 6) is 0.147. The second kappa shape index (κ2) is 8.88. The van der Waals surface area contributed by atoms with E-state index in [0.717, 1.165) is 19.4 Å². The van der Waals surface area contributed by atoms with Gasteiger partial charge in [-0.3, -0.25) is 23.9 Å². The molecule has 0 aliphatic carbocycles. The molecule has 3 aromatic rings. The molecule has 0 N–H and O–H groups in total. The van der Waals surface area contributed by atoms with Crippen molar-refractivity contribution in [3.05, 3.63) is 70.0 Å².